The number of hydrogen-bond acceptors (Lipinski definition) is 3. The standard InChI is InChI=1S/C11H15N3O/c1-3-6-12-11-13-9-5-4-8(15-2)7-10(9)14-11/h4-5,7H,3,6H2,1-2H3,(H2,12,13,14). The van der Waals surface area contributed by atoms with E-state index in [4.69, 9.17) is 4.74 Å². The Balaban J connectivity index is 2.29. The minimum absolute atomic E-state index is 0.820. The number of aromatic amines is 1. The summed E-state index contributed by atoms with van der Waals surface area (Å²) >= 11 is 0. The highest BCUT2D eigenvalue weighted by molar-refractivity contribution is 5.79. The Morgan fingerprint density at radius 3 is 3.07 bits per heavy atom. The molecule has 4 heteroatoms. The molecule has 80 valence electrons. The molecule has 2 rings (SSSR count). The van der Waals surface area contributed by atoms with E-state index in [1.165, 1.54) is 0 Å². The highest BCUT2D eigenvalue weighted by Gasteiger charge is 2.02. The Kier molecular flexibility index (Phi) is 2.76. The van der Waals surface area contributed by atoms with Gasteiger partial charge in [0.2, 0.25) is 5.95 Å². The van der Waals surface area contributed by atoms with Crippen molar-refractivity contribution >= 4 is 17.0 Å². The summed E-state index contributed by atoms with van der Waals surface area (Å²) < 4.78 is 5.14. The average molecular weight is 205 g/mol. The van der Waals surface area contributed by atoms with Gasteiger partial charge >= 0.3 is 0 Å². The molecule has 0 aliphatic heterocycles. The van der Waals surface area contributed by atoms with Crippen molar-refractivity contribution in [3.63, 3.8) is 0 Å². The Bertz CT molecular complexity index is 450. The molecule has 0 amide bonds. The summed E-state index contributed by atoms with van der Waals surface area (Å²) in [5, 5.41) is 3.21. The van der Waals surface area contributed by atoms with Crippen LogP contribution in [0.4, 0.5) is 5.95 Å². The van der Waals surface area contributed by atoms with Gasteiger partial charge in [0.1, 0.15) is 5.75 Å². The van der Waals surface area contributed by atoms with Gasteiger partial charge in [-0.1, -0.05) is 6.92 Å². The predicted molar refractivity (Wildman–Crippen MR) is 61.4 cm³/mol. The molecule has 2 aromatic rings. The second-order valence-corrected chi connectivity index (χ2v) is 3.40. The number of aromatic nitrogens is 2. The number of rotatable bonds is 4. The number of benzene rings is 1. The Morgan fingerprint density at radius 2 is 2.33 bits per heavy atom. The summed E-state index contributed by atoms with van der Waals surface area (Å²) in [5.41, 5.74) is 1.95. The first-order valence-electron chi connectivity index (χ1n) is 5.11. The van der Waals surface area contributed by atoms with Gasteiger partial charge in [-0.25, -0.2) is 4.98 Å². The first kappa shape index (κ1) is 9.83. The molecule has 0 radical (unpaired) electrons. The predicted octanol–water partition coefficient (Wildman–Crippen LogP) is 2.39. The lowest BCUT2D eigenvalue weighted by Crippen LogP contribution is -2.00. The van der Waals surface area contributed by atoms with E-state index < -0.39 is 0 Å². The maximum Gasteiger partial charge on any atom is 0.201 e. The number of anilines is 1. The molecule has 4 nitrogen and oxygen atoms in total. The van der Waals surface area contributed by atoms with Crippen molar-refractivity contribution in [2.45, 2.75) is 13.3 Å². The van der Waals surface area contributed by atoms with Gasteiger partial charge in [0.25, 0.3) is 0 Å². The molecule has 0 aliphatic rings. The first-order valence-corrected chi connectivity index (χ1v) is 5.11. The maximum atomic E-state index is 5.14. The van der Waals surface area contributed by atoms with E-state index in [9.17, 15) is 0 Å². The molecule has 0 fully saturated rings. The second-order valence-electron chi connectivity index (χ2n) is 3.40. The van der Waals surface area contributed by atoms with Crippen LogP contribution in [0.3, 0.4) is 0 Å². The number of nitrogens with zero attached hydrogens (tertiary/aromatic N) is 1. The molecule has 1 heterocycles. The van der Waals surface area contributed by atoms with Crippen LogP contribution in [0.15, 0.2) is 18.2 Å². The Morgan fingerprint density at radius 1 is 1.47 bits per heavy atom. The van der Waals surface area contributed by atoms with Crippen molar-refractivity contribution < 1.29 is 4.74 Å². The third-order valence-corrected chi connectivity index (χ3v) is 2.23. The van der Waals surface area contributed by atoms with Crippen molar-refractivity contribution in [1.82, 2.24) is 9.97 Å². The number of H-pyrrole nitrogens is 1. The minimum atomic E-state index is 0.820. The number of ether oxygens (including phenoxy) is 1. The SMILES string of the molecule is CCCNc1nc2ccc(OC)cc2[nH]1. The summed E-state index contributed by atoms with van der Waals surface area (Å²) in [6.07, 6.45) is 1.08. The molecule has 1 aromatic heterocycles. The first-order chi connectivity index (χ1) is 7.33. The van der Waals surface area contributed by atoms with Crippen molar-refractivity contribution in [1.29, 1.82) is 0 Å². The lowest BCUT2D eigenvalue weighted by Gasteiger charge is -1.97. The van der Waals surface area contributed by atoms with Crippen LogP contribution in [0.25, 0.3) is 11.0 Å². The largest absolute Gasteiger partial charge is 0.497 e. The topological polar surface area (TPSA) is 49.9 Å². The average Bonchev–Trinajstić information content (AvgIpc) is 2.67. The van der Waals surface area contributed by atoms with Gasteiger partial charge in [-0.05, 0) is 18.6 Å². The lowest BCUT2D eigenvalue weighted by molar-refractivity contribution is 0.415. The molecule has 0 unspecified atom stereocenters. The summed E-state index contributed by atoms with van der Waals surface area (Å²) in [7, 11) is 1.66. The van der Waals surface area contributed by atoms with E-state index >= 15 is 0 Å². The fraction of sp³-hybridized carbons (Fsp3) is 0.364. The molecule has 0 aliphatic carbocycles. The molecule has 2 N–H and O–H groups in total. The van der Waals surface area contributed by atoms with Crippen LogP contribution in [-0.2, 0) is 0 Å². The summed E-state index contributed by atoms with van der Waals surface area (Å²) in [4.78, 5) is 7.61. The van der Waals surface area contributed by atoms with E-state index in [-0.39, 0.29) is 0 Å². The van der Waals surface area contributed by atoms with Crippen LogP contribution < -0.4 is 10.1 Å². The number of methoxy groups -OCH3 is 1. The van der Waals surface area contributed by atoms with Gasteiger partial charge in [-0.2, -0.15) is 0 Å². The maximum absolute atomic E-state index is 5.14. The van der Waals surface area contributed by atoms with Gasteiger partial charge < -0.3 is 15.0 Å². The van der Waals surface area contributed by atoms with Gasteiger partial charge in [-0.15, -0.1) is 0 Å². The van der Waals surface area contributed by atoms with Crippen LogP contribution in [0, 0.1) is 0 Å². The van der Waals surface area contributed by atoms with Gasteiger partial charge in [0, 0.05) is 12.6 Å². The Labute approximate surface area is 88.7 Å². The van der Waals surface area contributed by atoms with Gasteiger partial charge in [0.15, 0.2) is 0 Å². The second kappa shape index (κ2) is 4.21. The molecule has 15 heavy (non-hydrogen) atoms. The molecular formula is C11H15N3O. The Hall–Kier alpha value is -1.71. The van der Waals surface area contributed by atoms with Gasteiger partial charge in [0.05, 0.1) is 18.1 Å². The number of nitrogens with one attached hydrogen (secondary N) is 2. The lowest BCUT2D eigenvalue weighted by atomic mass is 10.3. The van der Waals surface area contributed by atoms with Crippen LogP contribution >= 0.6 is 0 Å². The van der Waals surface area contributed by atoms with Crippen LogP contribution in [0.2, 0.25) is 0 Å². The van der Waals surface area contributed by atoms with Crippen molar-refractivity contribution in [3.8, 4) is 5.75 Å². The molecule has 0 bridgehead atoms. The summed E-state index contributed by atoms with van der Waals surface area (Å²) in [6, 6.07) is 5.80. The highest BCUT2D eigenvalue weighted by atomic mass is 16.5. The molecule has 0 spiro atoms. The molecule has 0 saturated heterocycles. The van der Waals surface area contributed by atoms with Crippen molar-refractivity contribution in [3.05, 3.63) is 18.2 Å². The van der Waals surface area contributed by atoms with Crippen LogP contribution in [0.5, 0.6) is 5.75 Å². The van der Waals surface area contributed by atoms with E-state index in [2.05, 4.69) is 22.2 Å². The fourth-order valence-electron chi connectivity index (χ4n) is 1.44. The summed E-state index contributed by atoms with van der Waals surface area (Å²) in [5.74, 6) is 1.66. The smallest absolute Gasteiger partial charge is 0.201 e. The zero-order valence-electron chi connectivity index (χ0n) is 9.00. The third-order valence-electron chi connectivity index (χ3n) is 2.23. The quantitative estimate of drug-likeness (QED) is 0.805. The molecule has 0 saturated carbocycles. The number of imidazole rings is 1. The number of fused-ring (bicyclic) bond motifs is 1. The third kappa shape index (κ3) is 2.03. The van der Waals surface area contributed by atoms with E-state index in [0.717, 1.165) is 35.7 Å². The number of hydrogen-bond donors (Lipinski definition) is 2. The normalized spacial score (nSPS) is 10.5. The highest BCUT2D eigenvalue weighted by Crippen LogP contribution is 2.20. The molecule has 0 atom stereocenters. The van der Waals surface area contributed by atoms with Gasteiger partial charge in [-0.3, -0.25) is 0 Å². The molecule has 1 aromatic carbocycles. The van der Waals surface area contributed by atoms with E-state index in [1.807, 2.05) is 18.2 Å². The van der Waals surface area contributed by atoms with E-state index in [1.54, 1.807) is 7.11 Å². The van der Waals surface area contributed by atoms with E-state index in [0.29, 0.717) is 0 Å². The fourth-order valence-corrected chi connectivity index (χ4v) is 1.44. The zero-order chi connectivity index (χ0) is 10.7. The van der Waals surface area contributed by atoms with Crippen molar-refractivity contribution in [2.24, 2.45) is 0 Å². The van der Waals surface area contributed by atoms with Crippen molar-refractivity contribution in [2.75, 3.05) is 19.0 Å². The zero-order valence-corrected chi connectivity index (χ0v) is 9.00. The summed E-state index contributed by atoms with van der Waals surface area (Å²) in [6.45, 7) is 3.05. The minimum Gasteiger partial charge on any atom is -0.497 e. The monoisotopic (exact) mass is 205 g/mol. The molecular weight excluding hydrogens is 190 g/mol. The van der Waals surface area contributed by atoms with Crippen LogP contribution in [-0.4, -0.2) is 23.6 Å². The van der Waals surface area contributed by atoms with Crippen LogP contribution in [0.1, 0.15) is 13.3 Å².